The zero-order chi connectivity index (χ0) is 7.30. The lowest BCUT2D eigenvalue weighted by Crippen LogP contribution is -2.45. The fourth-order valence-electron chi connectivity index (χ4n) is 1.45. The Morgan fingerprint density at radius 1 is 1.10 bits per heavy atom. The molecule has 1 aliphatic heterocycles. The summed E-state index contributed by atoms with van der Waals surface area (Å²) in [6.07, 6.45) is -2.54. The molecule has 0 spiro atoms. The van der Waals surface area contributed by atoms with Gasteiger partial charge in [0.15, 0.2) is 0 Å². The Morgan fingerprint density at radius 3 is 2.50 bits per heavy atom. The Morgan fingerprint density at radius 2 is 1.80 bits per heavy atom. The van der Waals surface area contributed by atoms with Gasteiger partial charge in [-0.1, -0.05) is 0 Å². The van der Waals surface area contributed by atoms with Crippen LogP contribution in [0.4, 0.5) is 0 Å². The maximum absolute atomic E-state index is 9.12. The Bertz CT molecular complexity index is 147. The van der Waals surface area contributed by atoms with E-state index in [-0.39, 0.29) is 12.2 Å². The zero-order valence-corrected chi connectivity index (χ0v) is 5.34. The highest BCUT2D eigenvalue weighted by atomic mass is 16.6. The fraction of sp³-hybridized carbons (Fsp3) is 1.00. The molecule has 2 fully saturated rings. The van der Waals surface area contributed by atoms with Crippen molar-refractivity contribution in [2.45, 2.75) is 36.9 Å². The number of rotatable bonds is 0. The van der Waals surface area contributed by atoms with E-state index in [0.29, 0.717) is 6.42 Å². The summed E-state index contributed by atoms with van der Waals surface area (Å²) in [5, 5.41) is 27.2. The maximum Gasteiger partial charge on any atom is 0.113 e. The van der Waals surface area contributed by atoms with Crippen molar-refractivity contribution in [2.24, 2.45) is 0 Å². The molecule has 2 aliphatic rings. The van der Waals surface area contributed by atoms with Gasteiger partial charge in [-0.25, -0.2) is 0 Å². The maximum atomic E-state index is 9.12. The van der Waals surface area contributed by atoms with Crippen LogP contribution in [0, 0.1) is 0 Å². The molecule has 0 aromatic rings. The molecule has 3 N–H and O–H groups in total. The van der Waals surface area contributed by atoms with Crippen LogP contribution in [-0.2, 0) is 4.74 Å². The Kier molecular flexibility index (Phi) is 1.25. The second kappa shape index (κ2) is 1.92. The van der Waals surface area contributed by atoms with Gasteiger partial charge in [0, 0.05) is 6.42 Å². The molecule has 0 aromatic carbocycles. The highest BCUT2D eigenvalue weighted by molar-refractivity contribution is 5.02. The molecular formula is C6H10O4. The zero-order valence-electron chi connectivity index (χ0n) is 5.34. The first-order valence-corrected chi connectivity index (χ1v) is 3.40. The van der Waals surface area contributed by atoms with Crippen molar-refractivity contribution in [1.82, 2.24) is 0 Å². The first-order chi connectivity index (χ1) is 4.70. The largest absolute Gasteiger partial charge is 0.390 e. The van der Waals surface area contributed by atoms with Gasteiger partial charge in [0.2, 0.25) is 0 Å². The lowest BCUT2D eigenvalue weighted by molar-refractivity contribution is -0.0759. The van der Waals surface area contributed by atoms with Crippen LogP contribution in [0.25, 0.3) is 0 Å². The predicted octanol–water partition coefficient (Wildman–Crippen LogP) is -1.76. The van der Waals surface area contributed by atoms with E-state index in [1.165, 1.54) is 0 Å². The molecule has 0 unspecified atom stereocenters. The summed E-state index contributed by atoms with van der Waals surface area (Å²) >= 11 is 0. The van der Waals surface area contributed by atoms with Gasteiger partial charge < -0.3 is 20.1 Å². The number of aliphatic hydroxyl groups is 3. The number of hydrogen-bond acceptors (Lipinski definition) is 4. The van der Waals surface area contributed by atoms with Crippen molar-refractivity contribution in [3.05, 3.63) is 0 Å². The highest BCUT2D eigenvalue weighted by Crippen LogP contribution is 2.36. The molecule has 1 saturated carbocycles. The van der Waals surface area contributed by atoms with Crippen molar-refractivity contribution in [1.29, 1.82) is 0 Å². The molecule has 0 radical (unpaired) electrons. The van der Waals surface area contributed by atoms with Crippen molar-refractivity contribution in [3.63, 3.8) is 0 Å². The molecular weight excluding hydrogens is 136 g/mol. The molecule has 2 rings (SSSR count). The second-order valence-corrected chi connectivity index (χ2v) is 2.92. The predicted molar refractivity (Wildman–Crippen MR) is 31.3 cm³/mol. The summed E-state index contributed by atoms with van der Waals surface area (Å²) in [7, 11) is 0. The summed E-state index contributed by atoms with van der Waals surface area (Å²) in [4.78, 5) is 0. The lowest BCUT2D eigenvalue weighted by atomic mass is 9.92. The fourth-order valence-corrected chi connectivity index (χ4v) is 1.45. The van der Waals surface area contributed by atoms with Crippen LogP contribution in [0.1, 0.15) is 6.42 Å². The average molecular weight is 146 g/mol. The van der Waals surface area contributed by atoms with Crippen LogP contribution in [-0.4, -0.2) is 45.8 Å². The average Bonchev–Trinajstić information content (AvgIpc) is 2.62. The molecule has 10 heavy (non-hydrogen) atoms. The summed E-state index contributed by atoms with van der Waals surface area (Å²) in [6.45, 7) is 0. The van der Waals surface area contributed by atoms with Crippen molar-refractivity contribution < 1.29 is 20.1 Å². The van der Waals surface area contributed by atoms with Crippen LogP contribution in [0.2, 0.25) is 0 Å². The summed E-state index contributed by atoms with van der Waals surface area (Å²) in [5.41, 5.74) is 0. The van der Waals surface area contributed by atoms with Gasteiger partial charge >= 0.3 is 0 Å². The van der Waals surface area contributed by atoms with Gasteiger partial charge in [-0.2, -0.15) is 0 Å². The lowest BCUT2D eigenvalue weighted by Gasteiger charge is -2.24. The molecule has 58 valence electrons. The highest BCUT2D eigenvalue weighted by Gasteiger charge is 2.54. The first kappa shape index (κ1) is 6.54. The van der Waals surface area contributed by atoms with E-state index in [4.69, 9.17) is 20.1 Å². The van der Waals surface area contributed by atoms with Gasteiger partial charge in [-0.15, -0.1) is 0 Å². The van der Waals surface area contributed by atoms with E-state index in [0.717, 1.165) is 0 Å². The van der Waals surface area contributed by atoms with Crippen molar-refractivity contribution >= 4 is 0 Å². The smallest absolute Gasteiger partial charge is 0.113 e. The van der Waals surface area contributed by atoms with Crippen LogP contribution < -0.4 is 0 Å². The molecule has 0 bridgehead atoms. The van der Waals surface area contributed by atoms with E-state index in [1.807, 2.05) is 0 Å². The molecule has 4 heteroatoms. The van der Waals surface area contributed by atoms with Crippen LogP contribution in [0.3, 0.4) is 0 Å². The van der Waals surface area contributed by atoms with Crippen LogP contribution >= 0.6 is 0 Å². The van der Waals surface area contributed by atoms with Crippen LogP contribution in [0.15, 0.2) is 0 Å². The number of ether oxygens (including phenoxy) is 1. The quantitative estimate of drug-likeness (QED) is 0.354. The third kappa shape index (κ3) is 0.769. The summed E-state index contributed by atoms with van der Waals surface area (Å²) < 4.78 is 4.96. The minimum Gasteiger partial charge on any atom is -0.390 e. The summed E-state index contributed by atoms with van der Waals surface area (Å²) in [6, 6.07) is 0. The van der Waals surface area contributed by atoms with E-state index < -0.39 is 18.3 Å². The van der Waals surface area contributed by atoms with E-state index in [1.54, 1.807) is 0 Å². The van der Waals surface area contributed by atoms with Gasteiger partial charge in [-0.3, -0.25) is 0 Å². The van der Waals surface area contributed by atoms with Gasteiger partial charge in [0.1, 0.15) is 18.3 Å². The Hall–Kier alpha value is -0.160. The van der Waals surface area contributed by atoms with Gasteiger partial charge in [-0.05, 0) is 0 Å². The molecule has 1 heterocycles. The van der Waals surface area contributed by atoms with Gasteiger partial charge in [0.05, 0.1) is 12.2 Å². The molecule has 1 saturated heterocycles. The minimum atomic E-state index is -1.02. The SMILES string of the molecule is O[C@H]1[C@H](O)[C@H](O)C[C@@H]2O[C@H]12. The second-order valence-electron chi connectivity index (χ2n) is 2.92. The molecule has 0 amide bonds. The topological polar surface area (TPSA) is 73.2 Å². The monoisotopic (exact) mass is 146 g/mol. The Labute approximate surface area is 58.0 Å². The van der Waals surface area contributed by atoms with E-state index >= 15 is 0 Å². The standard InChI is InChI=1S/C6H10O4/c7-2-1-3-6(10-3)5(9)4(2)8/h2-9H,1H2/t2-,3+,4-,5+,6+/m1/s1. The van der Waals surface area contributed by atoms with Crippen LogP contribution in [0.5, 0.6) is 0 Å². The molecule has 0 aromatic heterocycles. The Balaban J connectivity index is 2.07. The third-order valence-electron chi connectivity index (χ3n) is 2.18. The number of fused-ring (bicyclic) bond motifs is 1. The van der Waals surface area contributed by atoms with Crippen molar-refractivity contribution in [2.75, 3.05) is 0 Å². The third-order valence-corrected chi connectivity index (χ3v) is 2.18. The minimum absolute atomic E-state index is 0.0200. The number of epoxide rings is 1. The first-order valence-electron chi connectivity index (χ1n) is 3.40. The van der Waals surface area contributed by atoms with Crippen molar-refractivity contribution in [3.8, 4) is 0 Å². The molecule has 5 atom stereocenters. The van der Waals surface area contributed by atoms with E-state index in [9.17, 15) is 0 Å². The van der Waals surface area contributed by atoms with E-state index in [2.05, 4.69) is 0 Å². The molecule has 1 aliphatic carbocycles. The molecule has 4 nitrogen and oxygen atoms in total. The number of hydrogen-bond donors (Lipinski definition) is 3. The van der Waals surface area contributed by atoms with Gasteiger partial charge in [0.25, 0.3) is 0 Å². The summed E-state index contributed by atoms with van der Waals surface area (Å²) in [5.74, 6) is 0. The normalized spacial score (nSPS) is 59.7. The number of aliphatic hydroxyl groups excluding tert-OH is 3.